The van der Waals surface area contributed by atoms with Gasteiger partial charge < -0.3 is 10.1 Å². The van der Waals surface area contributed by atoms with Gasteiger partial charge in [-0.25, -0.2) is 9.37 Å². The number of nitro groups is 1. The minimum absolute atomic E-state index is 0.0629. The minimum atomic E-state index is -0.993. The highest BCUT2D eigenvalue weighted by molar-refractivity contribution is 5.48. The monoisotopic (exact) mass is 296 g/mol. The maximum absolute atomic E-state index is 13.7. The minimum Gasteiger partial charge on any atom is -0.426 e. The number of nitro benzene ring substituents is 1. The molecule has 9 heteroatoms. The predicted molar refractivity (Wildman–Crippen MR) is 69.3 cm³/mol. The fourth-order valence-corrected chi connectivity index (χ4v) is 1.51. The molecule has 0 radical (unpaired) electrons. The molecule has 21 heavy (non-hydrogen) atoms. The zero-order valence-electron chi connectivity index (χ0n) is 10.8. The van der Waals surface area contributed by atoms with Gasteiger partial charge in [0.1, 0.15) is 0 Å². The first kappa shape index (κ1) is 14.6. The topological polar surface area (TPSA) is 90.2 Å². The summed E-state index contributed by atoms with van der Waals surface area (Å²) in [7, 11) is 0. The number of nitrogens with zero attached hydrogens (tertiary/aromatic N) is 3. The van der Waals surface area contributed by atoms with Gasteiger partial charge in [0, 0.05) is 12.6 Å². The molecule has 0 aliphatic rings. The number of anilines is 1. The van der Waals surface area contributed by atoms with Crippen molar-refractivity contribution >= 4 is 11.6 Å². The normalized spacial score (nSPS) is 10.2. The summed E-state index contributed by atoms with van der Waals surface area (Å²) in [5, 5.41) is 13.6. The van der Waals surface area contributed by atoms with Crippen molar-refractivity contribution in [2.45, 2.75) is 6.92 Å². The highest BCUT2D eigenvalue weighted by Gasteiger charge is 2.22. The van der Waals surface area contributed by atoms with E-state index >= 15 is 0 Å². The number of hydrogen-bond acceptors (Lipinski definition) is 6. The van der Waals surface area contributed by atoms with Crippen molar-refractivity contribution in [3.8, 4) is 11.6 Å². The molecule has 110 valence electrons. The third kappa shape index (κ3) is 3.19. The van der Waals surface area contributed by atoms with Crippen LogP contribution in [0.3, 0.4) is 0 Å². The SMILES string of the molecule is CCNc1ncc(F)c(Oc2c(F)cccc2[N+](=O)[O-])n1. The number of halogens is 2. The third-order valence-corrected chi connectivity index (χ3v) is 2.39. The Hall–Kier alpha value is -2.84. The molecule has 0 spiro atoms. The van der Waals surface area contributed by atoms with Gasteiger partial charge in [-0.1, -0.05) is 6.07 Å². The molecule has 0 fully saturated rings. The fraction of sp³-hybridized carbons (Fsp3) is 0.167. The van der Waals surface area contributed by atoms with E-state index in [1.807, 2.05) is 0 Å². The van der Waals surface area contributed by atoms with Gasteiger partial charge in [0.2, 0.25) is 17.5 Å². The molecule has 0 amide bonds. The number of rotatable bonds is 5. The zero-order valence-corrected chi connectivity index (χ0v) is 10.8. The number of benzene rings is 1. The maximum Gasteiger partial charge on any atom is 0.314 e. The molecule has 0 atom stereocenters. The quantitative estimate of drug-likeness (QED) is 0.674. The van der Waals surface area contributed by atoms with E-state index in [-0.39, 0.29) is 5.95 Å². The summed E-state index contributed by atoms with van der Waals surface area (Å²) in [5.41, 5.74) is -0.627. The number of ether oxygens (including phenoxy) is 1. The van der Waals surface area contributed by atoms with Gasteiger partial charge in [-0.05, 0) is 13.0 Å². The second-order valence-corrected chi connectivity index (χ2v) is 3.82. The smallest absolute Gasteiger partial charge is 0.314 e. The van der Waals surface area contributed by atoms with Crippen molar-refractivity contribution in [3.63, 3.8) is 0 Å². The first-order chi connectivity index (χ1) is 10.0. The molecule has 0 saturated carbocycles. The molecule has 0 unspecified atom stereocenters. The van der Waals surface area contributed by atoms with Crippen LogP contribution < -0.4 is 10.1 Å². The number of hydrogen-bond donors (Lipinski definition) is 1. The predicted octanol–water partition coefficient (Wildman–Crippen LogP) is 2.89. The van der Waals surface area contributed by atoms with Crippen LogP contribution in [0.1, 0.15) is 6.92 Å². The fourth-order valence-electron chi connectivity index (χ4n) is 1.51. The van der Waals surface area contributed by atoms with E-state index in [0.29, 0.717) is 6.54 Å². The molecule has 7 nitrogen and oxygen atoms in total. The summed E-state index contributed by atoms with van der Waals surface area (Å²) < 4.78 is 32.2. The van der Waals surface area contributed by atoms with E-state index in [2.05, 4.69) is 15.3 Å². The van der Waals surface area contributed by atoms with Gasteiger partial charge in [0.15, 0.2) is 5.82 Å². The lowest BCUT2D eigenvalue weighted by Gasteiger charge is -2.08. The van der Waals surface area contributed by atoms with Gasteiger partial charge in [0.25, 0.3) is 5.88 Å². The lowest BCUT2D eigenvalue weighted by Crippen LogP contribution is -2.05. The van der Waals surface area contributed by atoms with E-state index in [1.165, 1.54) is 0 Å². The average molecular weight is 296 g/mol. The highest BCUT2D eigenvalue weighted by atomic mass is 19.1. The molecule has 1 aromatic carbocycles. The number of nitrogens with one attached hydrogen (secondary N) is 1. The van der Waals surface area contributed by atoms with Crippen LogP contribution >= 0.6 is 0 Å². The van der Waals surface area contributed by atoms with Gasteiger partial charge in [-0.2, -0.15) is 9.37 Å². The Labute approximate surface area is 117 Å². The van der Waals surface area contributed by atoms with Gasteiger partial charge >= 0.3 is 5.69 Å². The van der Waals surface area contributed by atoms with Gasteiger partial charge in [-0.3, -0.25) is 10.1 Å². The molecule has 0 bridgehead atoms. The molecular formula is C12H10F2N4O3. The van der Waals surface area contributed by atoms with E-state index in [4.69, 9.17) is 4.74 Å². The van der Waals surface area contributed by atoms with Crippen LogP contribution in [0.25, 0.3) is 0 Å². The van der Waals surface area contributed by atoms with Crippen LogP contribution in [-0.2, 0) is 0 Å². The largest absolute Gasteiger partial charge is 0.426 e. The van der Waals surface area contributed by atoms with Crippen LogP contribution in [-0.4, -0.2) is 21.4 Å². The van der Waals surface area contributed by atoms with Crippen molar-refractivity contribution in [1.29, 1.82) is 0 Å². The Morgan fingerprint density at radius 2 is 2.14 bits per heavy atom. The highest BCUT2D eigenvalue weighted by Crippen LogP contribution is 2.34. The van der Waals surface area contributed by atoms with E-state index in [9.17, 15) is 18.9 Å². The first-order valence-corrected chi connectivity index (χ1v) is 5.90. The number of aromatic nitrogens is 2. The van der Waals surface area contributed by atoms with E-state index in [1.54, 1.807) is 6.92 Å². The molecule has 0 aliphatic carbocycles. The van der Waals surface area contributed by atoms with Crippen molar-refractivity contribution < 1.29 is 18.4 Å². The molecule has 0 aliphatic heterocycles. The Morgan fingerprint density at radius 3 is 2.81 bits per heavy atom. The van der Waals surface area contributed by atoms with Crippen molar-refractivity contribution in [2.24, 2.45) is 0 Å². The molecule has 2 rings (SSSR count). The van der Waals surface area contributed by atoms with Gasteiger partial charge in [-0.15, -0.1) is 0 Å². The lowest BCUT2D eigenvalue weighted by molar-refractivity contribution is -0.385. The van der Waals surface area contributed by atoms with Crippen LogP contribution in [0.15, 0.2) is 24.4 Å². The second-order valence-electron chi connectivity index (χ2n) is 3.82. The second kappa shape index (κ2) is 6.07. The summed E-state index contributed by atoms with van der Waals surface area (Å²) >= 11 is 0. The molecule has 2 aromatic rings. The molecule has 1 heterocycles. The molecule has 0 saturated heterocycles. The third-order valence-electron chi connectivity index (χ3n) is 2.39. The molecule has 1 aromatic heterocycles. The van der Waals surface area contributed by atoms with Crippen LogP contribution in [0.5, 0.6) is 11.6 Å². The lowest BCUT2D eigenvalue weighted by atomic mass is 10.3. The van der Waals surface area contributed by atoms with Crippen molar-refractivity contribution in [1.82, 2.24) is 9.97 Å². The summed E-state index contributed by atoms with van der Waals surface area (Å²) in [6.07, 6.45) is 0.826. The van der Waals surface area contributed by atoms with Crippen LogP contribution in [0.4, 0.5) is 20.4 Å². The Morgan fingerprint density at radius 1 is 1.38 bits per heavy atom. The molecule has 1 N–H and O–H groups in total. The standard InChI is InChI=1S/C12H10F2N4O3/c1-2-15-12-16-6-8(14)11(17-12)21-10-7(13)4-3-5-9(10)18(19)20/h3-6H,2H2,1H3,(H,15,16,17). The Balaban J connectivity index is 2.42. The van der Waals surface area contributed by atoms with E-state index in [0.717, 1.165) is 24.4 Å². The zero-order chi connectivity index (χ0) is 15.4. The van der Waals surface area contributed by atoms with Gasteiger partial charge in [0.05, 0.1) is 11.1 Å². The first-order valence-electron chi connectivity index (χ1n) is 5.90. The summed E-state index contributed by atoms with van der Waals surface area (Å²) in [4.78, 5) is 17.3. The Bertz CT molecular complexity index is 682. The summed E-state index contributed by atoms with van der Waals surface area (Å²) in [6.45, 7) is 2.25. The Kier molecular flexibility index (Phi) is 4.21. The van der Waals surface area contributed by atoms with Crippen LogP contribution in [0, 0.1) is 21.7 Å². The summed E-state index contributed by atoms with van der Waals surface area (Å²) in [5.74, 6) is -3.20. The van der Waals surface area contributed by atoms with Crippen molar-refractivity contribution in [2.75, 3.05) is 11.9 Å². The summed E-state index contributed by atoms with van der Waals surface area (Å²) in [6, 6.07) is 3.16. The molecular weight excluding hydrogens is 286 g/mol. The average Bonchev–Trinajstić information content (AvgIpc) is 2.44. The van der Waals surface area contributed by atoms with E-state index < -0.39 is 33.9 Å². The van der Waals surface area contributed by atoms with Crippen molar-refractivity contribution in [3.05, 3.63) is 46.1 Å². The number of para-hydroxylation sites is 1. The maximum atomic E-state index is 13.7. The van der Waals surface area contributed by atoms with Crippen LogP contribution in [0.2, 0.25) is 0 Å².